The van der Waals surface area contributed by atoms with Crippen molar-refractivity contribution in [2.24, 2.45) is 0 Å². The van der Waals surface area contributed by atoms with Gasteiger partial charge in [-0.3, -0.25) is 0 Å². The molecule has 47 valence electrons. The fraction of sp³-hybridized carbons (Fsp3) is 0.571. The molecule has 1 fully saturated rings. The van der Waals surface area contributed by atoms with Crippen molar-refractivity contribution in [3.8, 4) is 0 Å². The Morgan fingerprint density at radius 3 is 3.00 bits per heavy atom. The van der Waals surface area contributed by atoms with Crippen LogP contribution in [-0.2, 0) is 0 Å². The lowest BCUT2D eigenvalue weighted by Gasteiger charge is -2.22. The Hall–Kier alpha value is -0.790. The van der Waals surface area contributed by atoms with Gasteiger partial charge in [-0.1, -0.05) is 6.42 Å². The lowest BCUT2D eigenvalue weighted by atomic mass is 9.83. The number of rotatable bonds is 1. The van der Waals surface area contributed by atoms with Gasteiger partial charge in [0, 0.05) is 5.92 Å². The molecule has 1 heterocycles. The van der Waals surface area contributed by atoms with Gasteiger partial charge in [0.15, 0.2) is 0 Å². The van der Waals surface area contributed by atoms with E-state index in [1.807, 2.05) is 0 Å². The molecule has 0 N–H and O–H groups in total. The van der Waals surface area contributed by atoms with E-state index >= 15 is 0 Å². The van der Waals surface area contributed by atoms with Crippen molar-refractivity contribution in [3.05, 3.63) is 18.4 Å². The van der Waals surface area contributed by atoms with Crippen LogP contribution in [0, 0.1) is 6.39 Å². The molecular weight excluding hydrogens is 114 g/mol. The standard InChI is InChI=1S/C7H8NO/c1-2-6(3-1)7-4-9-5-8-7/h4,6H,1-3H2. The molecule has 0 bridgehead atoms. The normalized spacial score (nSPS) is 19.6. The average molecular weight is 122 g/mol. The van der Waals surface area contributed by atoms with Gasteiger partial charge in [-0.05, 0) is 12.8 Å². The van der Waals surface area contributed by atoms with Crippen LogP contribution >= 0.6 is 0 Å². The molecule has 0 saturated heterocycles. The second-order valence-electron chi connectivity index (χ2n) is 2.49. The summed E-state index contributed by atoms with van der Waals surface area (Å²) < 4.78 is 4.74. The van der Waals surface area contributed by atoms with Crippen LogP contribution in [0.3, 0.4) is 0 Å². The van der Waals surface area contributed by atoms with Crippen LogP contribution in [-0.4, -0.2) is 4.98 Å². The molecule has 1 aliphatic carbocycles. The number of hydrogen-bond donors (Lipinski definition) is 0. The molecule has 2 rings (SSSR count). The highest BCUT2D eigenvalue weighted by Crippen LogP contribution is 2.34. The minimum absolute atomic E-state index is 0.681. The summed E-state index contributed by atoms with van der Waals surface area (Å²) in [5.74, 6) is 0.681. The van der Waals surface area contributed by atoms with Crippen LogP contribution in [0.25, 0.3) is 0 Å². The predicted octanol–water partition coefficient (Wildman–Crippen LogP) is 1.74. The Morgan fingerprint density at radius 2 is 2.56 bits per heavy atom. The molecule has 1 radical (unpaired) electrons. The molecule has 0 aromatic carbocycles. The zero-order valence-electron chi connectivity index (χ0n) is 5.13. The molecule has 0 atom stereocenters. The summed E-state index contributed by atoms with van der Waals surface area (Å²) in [6.45, 7) is 0. The molecule has 0 amide bonds. The van der Waals surface area contributed by atoms with Crippen LogP contribution in [0.1, 0.15) is 30.9 Å². The van der Waals surface area contributed by atoms with E-state index in [1.54, 1.807) is 6.26 Å². The third-order valence-corrected chi connectivity index (χ3v) is 1.93. The van der Waals surface area contributed by atoms with E-state index in [0.717, 1.165) is 5.69 Å². The van der Waals surface area contributed by atoms with E-state index in [0.29, 0.717) is 5.92 Å². The van der Waals surface area contributed by atoms with Crippen molar-refractivity contribution < 1.29 is 4.42 Å². The van der Waals surface area contributed by atoms with Crippen LogP contribution in [0.5, 0.6) is 0 Å². The molecule has 1 saturated carbocycles. The monoisotopic (exact) mass is 122 g/mol. The first kappa shape index (κ1) is 5.03. The van der Waals surface area contributed by atoms with Crippen molar-refractivity contribution in [1.82, 2.24) is 4.98 Å². The Bertz CT molecular complexity index is 177. The summed E-state index contributed by atoms with van der Waals surface area (Å²) in [5.41, 5.74) is 1.08. The Labute approximate surface area is 53.9 Å². The third kappa shape index (κ3) is 0.745. The van der Waals surface area contributed by atoms with Gasteiger partial charge in [0.1, 0.15) is 6.26 Å². The van der Waals surface area contributed by atoms with E-state index in [-0.39, 0.29) is 0 Å². The quantitative estimate of drug-likeness (QED) is 0.567. The van der Waals surface area contributed by atoms with Gasteiger partial charge < -0.3 is 4.42 Å². The van der Waals surface area contributed by atoms with E-state index < -0.39 is 0 Å². The van der Waals surface area contributed by atoms with Gasteiger partial charge in [-0.25, -0.2) is 4.98 Å². The van der Waals surface area contributed by atoms with Gasteiger partial charge in [-0.2, -0.15) is 0 Å². The number of aromatic nitrogens is 1. The van der Waals surface area contributed by atoms with Gasteiger partial charge in [0.05, 0.1) is 5.69 Å². The fourth-order valence-electron chi connectivity index (χ4n) is 1.08. The maximum atomic E-state index is 4.74. The van der Waals surface area contributed by atoms with Crippen molar-refractivity contribution in [1.29, 1.82) is 0 Å². The van der Waals surface area contributed by atoms with Crippen molar-refractivity contribution in [3.63, 3.8) is 0 Å². The average Bonchev–Trinajstić information content (AvgIpc) is 2.11. The van der Waals surface area contributed by atoms with E-state index in [9.17, 15) is 0 Å². The second kappa shape index (κ2) is 1.87. The Kier molecular flexibility index (Phi) is 1.04. The zero-order valence-corrected chi connectivity index (χ0v) is 5.13. The van der Waals surface area contributed by atoms with E-state index in [1.165, 1.54) is 19.3 Å². The molecule has 0 aliphatic heterocycles. The Balaban J connectivity index is 2.14. The molecular formula is C7H8NO. The summed E-state index contributed by atoms with van der Waals surface area (Å²) >= 11 is 0. The number of oxazole rings is 1. The third-order valence-electron chi connectivity index (χ3n) is 1.93. The first-order valence-electron chi connectivity index (χ1n) is 3.28. The summed E-state index contributed by atoms with van der Waals surface area (Å²) in [5, 5.41) is 0. The first-order chi connectivity index (χ1) is 4.47. The van der Waals surface area contributed by atoms with E-state index in [2.05, 4.69) is 11.4 Å². The molecule has 1 aromatic rings. The molecule has 2 nitrogen and oxygen atoms in total. The number of nitrogens with zero attached hydrogens (tertiary/aromatic N) is 1. The summed E-state index contributed by atoms with van der Waals surface area (Å²) in [6.07, 6.45) is 8.05. The predicted molar refractivity (Wildman–Crippen MR) is 31.9 cm³/mol. The molecule has 0 unspecified atom stereocenters. The van der Waals surface area contributed by atoms with Gasteiger partial charge in [0.25, 0.3) is 6.39 Å². The van der Waals surface area contributed by atoms with Gasteiger partial charge in [0.2, 0.25) is 0 Å². The largest absolute Gasteiger partial charge is 0.441 e. The van der Waals surface area contributed by atoms with E-state index in [4.69, 9.17) is 4.42 Å². The maximum absolute atomic E-state index is 4.74. The topological polar surface area (TPSA) is 26.0 Å². The highest BCUT2D eigenvalue weighted by molar-refractivity contribution is 5.04. The first-order valence-corrected chi connectivity index (χ1v) is 3.28. The SMILES string of the molecule is [c]1nc(C2CCC2)co1. The summed E-state index contributed by atoms with van der Waals surface area (Å²) in [6, 6.07) is 0. The van der Waals surface area contributed by atoms with Crippen molar-refractivity contribution >= 4 is 0 Å². The highest BCUT2D eigenvalue weighted by atomic mass is 16.3. The minimum Gasteiger partial charge on any atom is -0.441 e. The Morgan fingerprint density at radius 1 is 1.67 bits per heavy atom. The van der Waals surface area contributed by atoms with Gasteiger partial charge >= 0.3 is 0 Å². The maximum Gasteiger partial charge on any atom is 0.283 e. The van der Waals surface area contributed by atoms with Crippen LogP contribution in [0.15, 0.2) is 10.7 Å². The lowest BCUT2D eigenvalue weighted by Crippen LogP contribution is -2.08. The molecule has 9 heavy (non-hydrogen) atoms. The minimum atomic E-state index is 0.681. The van der Waals surface area contributed by atoms with Crippen molar-refractivity contribution in [2.75, 3.05) is 0 Å². The molecule has 2 heteroatoms. The molecule has 1 aliphatic rings. The van der Waals surface area contributed by atoms with Crippen molar-refractivity contribution in [2.45, 2.75) is 25.2 Å². The molecule has 1 aromatic heterocycles. The smallest absolute Gasteiger partial charge is 0.283 e. The highest BCUT2D eigenvalue weighted by Gasteiger charge is 2.21. The van der Waals surface area contributed by atoms with Crippen LogP contribution in [0.2, 0.25) is 0 Å². The number of hydrogen-bond acceptors (Lipinski definition) is 2. The fourth-order valence-corrected chi connectivity index (χ4v) is 1.08. The second-order valence-corrected chi connectivity index (χ2v) is 2.49. The van der Waals surface area contributed by atoms with Crippen LogP contribution < -0.4 is 0 Å². The lowest BCUT2D eigenvalue weighted by molar-refractivity contribution is 0.409. The zero-order chi connectivity index (χ0) is 6.10. The van der Waals surface area contributed by atoms with Gasteiger partial charge in [-0.15, -0.1) is 0 Å². The summed E-state index contributed by atoms with van der Waals surface area (Å²) in [4.78, 5) is 3.95. The molecule has 0 spiro atoms. The van der Waals surface area contributed by atoms with Crippen LogP contribution in [0.4, 0.5) is 0 Å². The summed E-state index contributed by atoms with van der Waals surface area (Å²) in [7, 11) is 0.